The molecule has 0 aliphatic heterocycles. The highest BCUT2D eigenvalue weighted by atomic mass is 14.2. The topological polar surface area (TPSA) is 0 Å². The minimum absolute atomic E-state index is 0.937. The van der Waals surface area contributed by atoms with Crippen LogP contribution in [0.5, 0.6) is 0 Å². The van der Waals surface area contributed by atoms with Gasteiger partial charge in [0, 0.05) is 0 Å². The Hall–Kier alpha value is 0. The standard InChI is InChI=1S/C12H26/c1-5-8-9-10-12(7-3)11(4)6-2/h11-12H,5-10H2,1-4H3. The maximum Gasteiger partial charge on any atom is -0.0391 e. The van der Waals surface area contributed by atoms with Gasteiger partial charge in [0.05, 0.1) is 0 Å². The summed E-state index contributed by atoms with van der Waals surface area (Å²) in [5, 5.41) is 0. The molecule has 0 aromatic heterocycles. The quantitative estimate of drug-likeness (QED) is 0.488. The highest BCUT2D eigenvalue weighted by Crippen LogP contribution is 2.24. The average molecular weight is 170 g/mol. The Morgan fingerprint density at radius 1 is 0.917 bits per heavy atom. The Kier molecular flexibility index (Phi) is 7.64. The zero-order valence-electron chi connectivity index (χ0n) is 9.40. The zero-order valence-corrected chi connectivity index (χ0v) is 9.40. The molecule has 0 saturated carbocycles. The van der Waals surface area contributed by atoms with Crippen LogP contribution in [0.2, 0.25) is 0 Å². The molecule has 0 fully saturated rings. The van der Waals surface area contributed by atoms with Crippen LogP contribution in [0.3, 0.4) is 0 Å². The van der Waals surface area contributed by atoms with Crippen molar-refractivity contribution in [2.24, 2.45) is 11.8 Å². The largest absolute Gasteiger partial charge is 0.0654 e. The van der Waals surface area contributed by atoms with E-state index in [0.29, 0.717) is 0 Å². The maximum atomic E-state index is 2.40. The molecule has 0 amide bonds. The summed E-state index contributed by atoms with van der Waals surface area (Å²) < 4.78 is 0. The van der Waals surface area contributed by atoms with Crippen molar-refractivity contribution in [1.29, 1.82) is 0 Å². The molecule has 74 valence electrons. The van der Waals surface area contributed by atoms with Crippen molar-refractivity contribution in [3.8, 4) is 0 Å². The lowest BCUT2D eigenvalue weighted by atomic mass is 9.85. The van der Waals surface area contributed by atoms with Crippen LogP contribution in [0.25, 0.3) is 0 Å². The van der Waals surface area contributed by atoms with Crippen LogP contribution in [-0.4, -0.2) is 0 Å². The Labute approximate surface area is 78.8 Å². The van der Waals surface area contributed by atoms with Crippen LogP contribution in [0.4, 0.5) is 0 Å². The fourth-order valence-electron chi connectivity index (χ4n) is 1.88. The van der Waals surface area contributed by atoms with E-state index in [9.17, 15) is 0 Å². The van der Waals surface area contributed by atoms with Crippen molar-refractivity contribution >= 4 is 0 Å². The minimum Gasteiger partial charge on any atom is -0.0654 e. The van der Waals surface area contributed by atoms with Crippen molar-refractivity contribution in [2.75, 3.05) is 0 Å². The van der Waals surface area contributed by atoms with E-state index in [-0.39, 0.29) is 0 Å². The van der Waals surface area contributed by atoms with Crippen molar-refractivity contribution < 1.29 is 0 Å². The van der Waals surface area contributed by atoms with E-state index in [1.54, 1.807) is 0 Å². The van der Waals surface area contributed by atoms with Gasteiger partial charge in [-0.05, 0) is 11.8 Å². The molecule has 0 aliphatic carbocycles. The summed E-state index contributed by atoms with van der Waals surface area (Å²) in [7, 11) is 0. The van der Waals surface area contributed by atoms with Gasteiger partial charge in [-0.2, -0.15) is 0 Å². The maximum absolute atomic E-state index is 2.40. The number of rotatable bonds is 7. The van der Waals surface area contributed by atoms with Gasteiger partial charge in [0.1, 0.15) is 0 Å². The summed E-state index contributed by atoms with van der Waals surface area (Å²) >= 11 is 0. The van der Waals surface area contributed by atoms with E-state index in [0.717, 1.165) is 11.8 Å². The lowest BCUT2D eigenvalue weighted by Crippen LogP contribution is -2.09. The molecule has 0 spiro atoms. The van der Waals surface area contributed by atoms with Crippen molar-refractivity contribution in [3.63, 3.8) is 0 Å². The third kappa shape index (κ3) is 4.79. The van der Waals surface area contributed by atoms with Crippen LogP contribution in [0, 0.1) is 11.8 Å². The molecule has 0 saturated heterocycles. The van der Waals surface area contributed by atoms with Gasteiger partial charge in [-0.3, -0.25) is 0 Å². The zero-order chi connectivity index (χ0) is 9.40. The fourth-order valence-corrected chi connectivity index (χ4v) is 1.88. The lowest BCUT2D eigenvalue weighted by molar-refractivity contribution is 0.308. The van der Waals surface area contributed by atoms with Crippen LogP contribution >= 0.6 is 0 Å². The first-order chi connectivity index (χ1) is 5.76. The van der Waals surface area contributed by atoms with Crippen LogP contribution in [-0.2, 0) is 0 Å². The van der Waals surface area contributed by atoms with Gasteiger partial charge in [-0.25, -0.2) is 0 Å². The second kappa shape index (κ2) is 7.64. The number of hydrogen-bond acceptors (Lipinski definition) is 0. The second-order valence-corrected chi connectivity index (χ2v) is 4.05. The van der Waals surface area contributed by atoms with Gasteiger partial charge < -0.3 is 0 Å². The molecule has 0 aliphatic rings. The van der Waals surface area contributed by atoms with Crippen LogP contribution < -0.4 is 0 Å². The van der Waals surface area contributed by atoms with Gasteiger partial charge >= 0.3 is 0 Å². The van der Waals surface area contributed by atoms with E-state index < -0.39 is 0 Å². The van der Waals surface area contributed by atoms with Crippen molar-refractivity contribution in [1.82, 2.24) is 0 Å². The Bertz CT molecular complexity index is 86.0. The first-order valence-corrected chi connectivity index (χ1v) is 5.76. The number of unbranched alkanes of at least 4 members (excludes halogenated alkanes) is 2. The molecule has 0 heteroatoms. The summed E-state index contributed by atoms with van der Waals surface area (Å²) in [5.74, 6) is 1.92. The van der Waals surface area contributed by atoms with Crippen LogP contribution in [0.15, 0.2) is 0 Å². The van der Waals surface area contributed by atoms with E-state index in [2.05, 4.69) is 27.7 Å². The Morgan fingerprint density at radius 3 is 2.00 bits per heavy atom. The van der Waals surface area contributed by atoms with E-state index in [1.807, 2.05) is 0 Å². The second-order valence-electron chi connectivity index (χ2n) is 4.05. The molecule has 0 nitrogen and oxygen atoms in total. The molecule has 2 atom stereocenters. The summed E-state index contributed by atoms with van der Waals surface area (Å²) in [6.07, 6.45) is 8.41. The summed E-state index contributed by atoms with van der Waals surface area (Å²) in [6.45, 7) is 9.33. The van der Waals surface area contributed by atoms with E-state index >= 15 is 0 Å². The molecule has 0 heterocycles. The SMILES string of the molecule is CCCCCC(CC)C(C)CC. The predicted molar refractivity (Wildman–Crippen MR) is 57.4 cm³/mol. The lowest BCUT2D eigenvalue weighted by Gasteiger charge is -2.21. The molecule has 2 unspecified atom stereocenters. The highest BCUT2D eigenvalue weighted by molar-refractivity contribution is 4.63. The van der Waals surface area contributed by atoms with E-state index in [1.165, 1.54) is 38.5 Å². The third-order valence-electron chi connectivity index (χ3n) is 3.15. The molecule has 0 N–H and O–H groups in total. The summed E-state index contributed by atoms with van der Waals surface area (Å²) in [4.78, 5) is 0. The smallest absolute Gasteiger partial charge is 0.0391 e. The molecular weight excluding hydrogens is 144 g/mol. The summed E-state index contributed by atoms with van der Waals surface area (Å²) in [6, 6.07) is 0. The predicted octanol–water partition coefficient (Wildman–Crippen LogP) is 4.64. The summed E-state index contributed by atoms with van der Waals surface area (Å²) in [5.41, 5.74) is 0. The molecule has 0 radical (unpaired) electrons. The monoisotopic (exact) mass is 170 g/mol. The Balaban J connectivity index is 3.52. The average Bonchev–Trinajstić information content (AvgIpc) is 2.11. The van der Waals surface area contributed by atoms with Crippen molar-refractivity contribution in [2.45, 2.75) is 66.2 Å². The highest BCUT2D eigenvalue weighted by Gasteiger charge is 2.12. The Morgan fingerprint density at radius 2 is 1.58 bits per heavy atom. The van der Waals surface area contributed by atoms with Gasteiger partial charge in [0.15, 0.2) is 0 Å². The molecule has 0 bridgehead atoms. The molecule has 0 rings (SSSR count). The van der Waals surface area contributed by atoms with Gasteiger partial charge in [0.2, 0.25) is 0 Å². The molecular formula is C12H26. The minimum atomic E-state index is 0.937. The van der Waals surface area contributed by atoms with Crippen LogP contribution in [0.1, 0.15) is 66.2 Å². The van der Waals surface area contributed by atoms with Gasteiger partial charge in [-0.1, -0.05) is 66.2 Å². The molecule has 0 aromatic carbocycles. The normalized spacial score (nSPS) is 16.0. The fraction of sp³-hybridized carbons (Fsp3) is 1.00. The first kappa shape index (κ1) is 12.0. The van der Waals surface area contributed by atoms with Gasteiger partial charge in [-0.15, -0.1) is 0 Å². The number of hydrogen-bond donors (Lipinski definition) is 0. The van der Waals surface area contributed by atoms with E-state index in [4.69, 9.17) is 0 Å². The van der Waals surface area contributed by atoms with Crippen molar-refractivity contribution in [3.05, 3.63) is 0 Å². The van der Waals surface area contributed by atoms with Gasteiger partial charge in [0.25, 0.3) is 0 Å². The third-order valence-corrected chi connectivity index (χ3v) is 3.15. The molecule has 0 aromatic rings. The molecule has 12 heavy (non-hydrogen) atoms. The first-order valence-electron chi connectivity index (χ1n) is 5.76.